The number of nitrogens with zero attached hydrogens (tertiary/aromatic N) is 2. The van der Waals surface area contributed by atoms with E-state index in [-0.39, 0.29) is 33.4 Å². The quantitative estimate of drug-likeness (QED) is 0.0953. The maximum absolute atomic E-state index is 14.5. The van der Waals surface area contributed by atoms with Crippen LogP contribution in [0.1, 0.15) is 33.9 Å². The topological polar surface area (TPSA) is 147 Å². The summed E-state index contributed by atoms with van der Waals surface area (Å²) in [7, 11) is -4.47. The number of nitro groups is 1. The average molecular weight is 720 g/mol. The van der Waals surface area contributed by atoms with E-state index in [0.717, 1.165) is 50.5 Å². The second-order valence-electron chi connectivity index (χ2n) is 11.7. The van der Waals surface area contributed by atoms with Gasteiger partial charge in [0.2, 0.25) is 0 Å². The van der Waals surface area contributed by atoms with Crippen molar-refractivity contribution in [3.8, 4) is 11.1 Å². The fourth-order valence-electron chi connectivity index (χ4n) is 5.86. The Kier molecular flexibility index (Phi) is 10.1. The molecule has 1 amide bonds. The normalized spacial score (nSPS) is 11.9. The van der Waals surface area contributed by atoms with Crippen LogP contribution in [0.5, 0.6) is 0 Å². The molecular weight excluding hydrogens is 690 g/mol. The number of carboxylic acids is 1. The average Bonchev–Trinajstić information content (AvgIpc) is 3.14. The zero-order chi connectivity index (χ0) is 36.1. The maximum atomic E-state index is 14.5. The molecule has 0 aromatic heterocycles. The zero-order valence-corrected chi connectivity index (χ0v) is 28.4. The lowest BCUT2D eigenvalue weighted by atomic mass is 9.98. The predicted octanol–water partition coefficient (Wildman–Crippen LogP) is 8.41. The van der Waals surface area contributed by atoms with Crippen molar-refractivity contribution < 1.29 is 28.0 Å². The van der Waals surface area contributed by atoms with Crippen LogP contribution in [0, 0.1) is 10.1 Å². The summed E-state index contributed by atoms with van der Waals surface area (Å²) in [6.45, 7) is -0.220. The molecule has 0 heterocycles. The van der Waals surface area contributed by atoms with E-state index >= 15 is 0 Å². The summed E-state index contributed by atoms with van der Waals surface area (Å²) in [5, 5.41) is 25.7. The van der Waals surface area contributed by atoms with Gasteiger partial charge >= 0.3 is 5.97 Å². The molecule has 51 heavy (non-hydrogen) atoms. The summed E-state index contributed by atoms with van der Waals surface area (Å²) in [6.07, 6.45) is -0.451. The number of sulfonamides is 1. The first-order valence-corrected chi connectivity index (χ1v) is 17.5. The summed E-state index contributed by atoms with van der Waals surface area (Å²) in [5.41, 5.74) is 2.58. The van der Waals surface area contributed by atoms with Crippen LogP contribution in [0.4, 0.5) is 11.4 Å². The second kappa shape index (κ2) is 14.8. The van der Waals surface area contributed by atoms with E-state index in [2.05, 4.69) is 5.32 Å². The number of halogens is 1. The minimum atomic E-state index is -4.47. The van der Waals surface area contributed by atoms with Crippen molar-refractivity contribution in [3.63, 3.8) is 0 Å². The van der Waals surface area contributed by atoms with Gasteiger partial charge in [-0.05, 0) is 63.4 Å². The number of non-ortho nitro benzene ring substituents is 1. The van der Waals surface area contributed by atoms with Gasteiger partial charge in [0.1, 0.15) is 0 Å². The molecule has 10 nitrogen and oxygen atoms in total. The molecular formula is C39H30ClN3O7S. The number of amides is 1. The maximum Gasteiger partial charge on any atom is 0.305 e. The fraction of sp³-hybridized carbons (Fsp3) is 0.0769. The number of rotatable bonds is 12. The first-order chi connectivity index (χ1) is 24.5. The van der Waals surface area contributed by atoms with Crippen LogP contribution in [0.15, 0.2) is 144 Å². The number of anilines is 1. The number of hydrogen-bond donors (Lipinski definition) is 2. The van der Waals surface area contributed by atoms with Crippen LogP contribution in [0.2, 0.25) is 5.02 Å². The van der Waals surface area contributed by atoms with Crippen molar-refractivity contribution in [2.75, 3.05) is 4.31 Å². The lowest BCUT2D eigenvalue weighted by Crippen LogP contribution is -2.35. The molecule has 1 atom stereocenters. The van der Waals surface area contributed by atoms with Crippen LogP contribution in [0.25, 0.3) is 21.9 Å². The Bertz CT molecular complexity index is 2350. The number of nitro benzene ring substituents is 1. The minimum Gasteiger partial charge on any atom is -0.481 e. The monoisotopic (exact) mass is 719 g/mol. The third kappa shape index (κ3) is 7.75. The lowest BCUT2D eigenvalue weighted by Gasteiger charge is -2.28. The Balaban J connectivity index is 1.42. The van der Waals surface area contributed by atoms with Crippen molar-refractivity contribution in [3.05, 3.63) is 171 Å². The highest BCUT2D eigenvalue weighted by atomic mass is 35.5. The zero-order valence-electron chi connectivity index (χ0n) is 26.8. The van der Waals surface area contributed by atoms with Crippen molar-refractivity contribution in [1.29, 1.82) is 0 Å². The summed E-state index contributed by atoms with van der Waals surface area (Å²) in [4.78, 5) is 36.6. The SMILES string of the molecule is O=C(O)CC(NC(=O)c1cc(Cl)ccc1N(Cc1cccc2ccccc12)S(=O)(=O)c1ccc([N+](=O)[O-])cc1)c1ccc(-c2ccccc2)cc1. The van der Waals surface area contributed by atoms with Crippen LogP contribution < -0.4 is 9.62 Å². The Morgan fingerprint density at radius 3 is 2.14 bits per heavy atom. The highest BCUT2D eigenvalue weighted by Crippen LogP contribution is 2.34. The molecule has 0 radical (unpaired) electrons. The summed E-state index contributed by atoms with van der Waals surface area (Å²) in [6, 6.07) is 37.3. The second-order valence-corrected chi connectivity index (χ2v) is 14.0. The first kappa shape index (κ1) is 34.8. The van der Waals surface area contributed by atoms with Crippen molar-refractivity contribution >= 4 is 55.6 Å². The Morgan fingerprint density at radius 2 is 1.45 bits per heavy atom. The molecule has 0 aliphatic rings. The third-order valence-electron chi connectivity index (χ3n) is 8.41. The molecule has 0 spiro atoms. The Morgan fingerprint density at radius 1 is 0.804 bits per heavy atom. The molecule has 6 rings (SSSR count). The fourth-order valence-corrected chi connectivity index (χ4v) is 7.49. The highest BCUT2D eigenvalue weighted by Gasteiger charge is 2.31. The Hall–Kier alpha value is -6.04. The van der Waals surface area contributed by atoms with Gasteiger partial charge < -0.3 is 10.4 Å². The smallest absolute Gasteiger partial charge is 0.305 e. The number of carboxylic acid groups (broad SMARTS) is 1. The van der Waals surface area contributed by atoms with Gasteiger partial charge in [0.25, 0.3) is 21.6 Å². The van der Waals surface area contributed by atoms with E-state index in [1.54, 1.807) is 24.3 Å². The number of carbonyl (C=O) groups is 2. The van der Waals surface area contributed by atoms with Gasteiger partial charge in [-0.1, -0.05) is 109 Å². The molecule has 0 fully saturated rings. The first-order valence-electron chi connectivity index (χ1n) is 15.7. The molecule has 0 saturated carbocycles. The van der Waals surface area contributed by atoms with E-state index in [4.69, 9.17) is 11.6 Å². The van der Waals surface area contributed by atoms with E-state index < -0.39 is 39.3 Å². The van der Waals surface area contributed by atoms with Crippen LogP contribution in [-0.4, -0.2) is 30.3 Å². The van der Waals surface area contributed by atoms with Gasteiger partial charge in [-0.2, -0.15) is 0 Å². The van der Waals surface area contributed by atoms with E-state index in [9.17, 15) is 33.2 Å². The number of carbonyl (C=O) groups excluding carboxylic acids is 1. The van der Waals surface area contributed by atoms with Gasteiger partial charge in [0.05, 0.1) is 40.1 Å². The molecule has 6 aromatic rings. The molecule has 12 heteroatoms. The molecule has 0 saturated heterocycles. The van der Waals surface area contributed by atoms with Gasteiger partial charge in [-0.3, -0.25) is 24.0 Å². The lowest BCUT2D eigenvalue weighted by molar-refractivity contribution is -0.384. The van der Waals surface area contributed by atoms with Crippen LogP contribution in [-0.2, 0) is 21.4 Å². The predicted molar refractivity (Wildman–Crippen MR) is 196 cm³/mol. The molecule has 0 aliphatic heterocycles. The molecule has 0 bridgehead atoms. The van der Waals surface area contributed by atoms with Gasteiger partial charge in [0, 0.05) is 17.2 Å². The number of aliphatic carboxylic acids is 1. The van der Waals surface area contributed by atoms with Crippen LogP contribution in [0.3, 0.4) is 0 Å². The van der Waals surface area contributed by atoms with Gasteiger partial charge in [-0.15, -0.1) is 0 Å². The van der Waals surface area contributed by atoms with E-state index in [1.165, 1.54) is 18.2 Å². The highest BCUT2D eigenvalue weighted by molar-refractivity contribution is 7.92. The molecule has 2 N–H and O–H groups in total. The van der Waals surface area contributed by atoms with Crippen molar-refractivity contribution in [1.82, 2.24) is 5.32 Å². The number of benzene rings is 6. The van der Waals surface area contributed by atoms with E-state index in [0.29, 0.717) is 11.1 Å². The van der Waals surface area contributed by atoms with Crippen LogP contribution >= 0.6 is 11.6 Å². The largest absolute Gasteiger partial charge is 0.481 e. The number of fused-ring (bicyclic) bond motifs is 1. The minimum absolute atomic E-state index is 0.0308. The number of nitrogens with one attached hydrogen (secondary N) is 1. The molecule has 0 aliphatic carbocycles. The summed E-state index contributed by atoms with van der Waals surface area (Å²) >= 11 is 6.39. The van der Waals surface area contributed by atoms with Gasteiger partial charge in [0.15, 0.2) is 0 Å². The summed E-state index contributed by atoms with van der Waals surface area (Å²) in [5.74, 6) is -1.91. The van der Waals surface area contributed by atoms with Crippen molar-refractivity contribution in [2.45, 2.75) is 23.9 Å². The number of hydrogen-bond acceptors (Lipinski definition) is 6. The third-order valence-corrected chi connectivity index (χ3v) is 10.4. The molecule has 6 aromatic carbocycles. The van der Waals surface area contributed by atoms with Gasteiger partial charge in [-0.25, -0.2) is 8.42 Å². The summed E-state index contributed by atoms with van der Waals surface area (Å²) < 4.78 is 30.0. The van der Waals surface area contributed by atoms with E-state index in [1.807, 2.05) is 72.8 Å². The van der Waals surface area contributed by atoms with Crippen molar-refractivity contribution in [2.24, 2.45) is 0 Å². The standard InChI is InChI=1S/C39H30ClN3O7S/c40-31-17-22-37(35(23-31)39(46)41-36(24-38(44)45)29-15-13-27(14-16-29)26-7-2-1-3-8-26)42(25-30-11-6-10-28-9-4-5-12-34(28)30)51(49,50)33-20-18-32(19-21-33)43(47)48/h1-23,36H,24-25H2,(H,41,46)(H,44,45). The molecule has 1 unspecified atom stereocenters. The molecule has 256 valence electrons. The Labute approximate surface area is 298 Å².